The Morgan fingerprint density at radius 1 is 1.57 bits per heavy atom. The molecule has 0 aliphatic carbocycles. The lowest BCUT2D eigenvalue weighted by molar-refractivity contribution is 1.65. The zero-order chi connectivity index (χ0) is 5.86. The number of hydrogen-bond acceptors (Lipinski definition) is 0. The van der Waals surface area contributed by atoms with E-state index in [0.29, 0.717) is 10.1 Å². The lowest BCUT2D eigenvalue weighted by Gasteiger charge is -1.80. The third-order valence-electron chi connectivity index (χ3n) is 0.356. The van der Waals surface area contributed by atoms with Crippen LogP contribution in [0, 0.1) is 0 Å². The molecule has 0 radical (unpaired) electrons. The molecule has 0 unspecified atom stereocenters. The first-order valence-electron chi connectivity index (χ1n) is 1.81. The highest BCUT2D eigenvalue weighted by atomic mass is 35.5. The van der Waals surface area contributed by atoms with Gasteiger partial charge in [-0.2, -0.15) is 0 Å². The average molecular weight is 137 g/mol. The Morgan fingerprint density at radius 3 is 2.00 bits per heavy atom. The summed E-state index contributed by atoms with van der Waals surface area (Å²) in [6.45, 7) is 5.15. The molecule has 0 atom stereocenters. The van der Waals surface area contributed by atoms with Crippen LogP contribution in [0.1, 0.15) is 6.92 Å². The highest BCUT2D eigenvalue weighted by Crippen LogP contribution is 2.06. The van der Waals surface area contributed by atoms with Crippen LogP contribution in [-0.2, 0) is 0 Å². The molecule has 0 heterocycles. The minimum absolute atomic E-state index is 0.465. The maximum Gasteiger partial charge on any atom is 0.0345 e. The molecule has 0 aromatic carbocycles. The number of rotatable bonds is 1. The first kappa shape index (κ1) is 7.06. The lowest BCUT2D eigenvalue weighted by Crippen LogP contribution is -1.57. The number of halogens is 2. The molecule has 0 spiro atoms. The van der Waals surface area contributed by atoms with Crippen LogP contribution in [0.25, 0.3) is 0 Å². The van der Waals surface area contributed by atoms with E-state index in [0.717, 1.165) is 0 Å². The molecule has 0 saturated heterocycles. The van der Waals surface area contributed by atoms with E-state index in [4.69, 9.17) is 23.2 Å². The first-order valence-corrected chi connectivity index (χ1v) is 2.56. The fraction of sp³-hybridized carbons (Fsp3) is 0.200. The van der Waals surface area contributed by atoms with E-state index in [1.54, 1.807) is 13.0 Å². The third-order valence-corrected chi connectivity index (χ3v) is 0.574. The normalized spacial score (nSPS) is 11.6. The molecule has 0 aliphatic rings. The topological polar surface area (TPSA) is 0 Å². The molecule has 7 heavy (non-hydrogen) atoms. The average Bonchev–Trinajstić information content (AvgIpc) is 1.27. The molecule has 0 bridgehead atoms. The third kappa shape index (κ3) is 6.06. The van der Waals surface area contributed by atoms with Gasteiger partial charge in [0.2, 0.25) is 0 Å². The smallest absolute Gasteiger partial charge is 0.0345 e. The van der Waals surface area contributed by atoms with E-state index >= 15 is 0 Å². The van der Waals surface area contributed by atoms with Gasteiger partial charge in [0.1, 0.15) is 0 Å². The van der Waals surface area contributed by atoms with Crippen molar-refractivity contribution in [2.24, 2.45) is 0 Å². The van der Waals surface area contributed by atoms with Crippen LogP contribution < -0.4 is 0 Å². The van der Waals surface area contributed by atoms with E-state index in [1.807, 2.05) is 0 Å². The van der Waals surface area contributed by atoms with Gasteiger partial charge in [-0.3, -0.25) is 0 Å². The summed E-state index contributed by atoms with van der Waals surface area (Å²) in [7, 11) is 0. The van der Waals surface area contributed by atoms with Gasteiger partial charge in [-0.05, 0) is 13.0 Å². The fourth-order valence-electron chi connectivity index (χ4n) is 0.216. The first-order chi connectivity index (χ1) is 3.13. The van der Waals surface area contributed by atoms with Crippen molar-refractivity contribution < 1.29 is 0 Å². The molecular weight excluding hydrogens is 131 g/mol. The molecular formula is C5H6Cl2. The molecule has 0 N–H and O–H groups in total. The van der Waals surface area contributed by atoms with Crippen LogP contribution in [0.3, 0.4) is 0 Å². The monoisotopic (exact) mass is 136 g/mol. The summed E-state index contributed by atoms with van der Waals surface area (Å²) in [5.41, 5.74) is 0. The van der Waals surface area contributed by atoms with Gasteiger partial charge >= 0.3 is 0 Å². The SMILES string of the molecule is C=C(Cl)C=C(C)Cl. The van der Waals surface area contributed by atoms with Crippen molar-refractivity contribution in [2.75, 3.05) is 0 Å². The maximum atomic E-state index is 5.39. The van der Waals surface area contributed by atoms with Crippen molar-refractivity contribution in [3.63, 3.8) is 0 Å². The minimum atomic E-state index is 0.465. The van der Waals surface area contributed by atoms with Gasteiger partial charge in [0, 0.05) is 10.1 Å². The molecule has 0 aromatic heterocycles. The van der Waals surface area contributed by atoms with Crippen LogP contribution in [0.5, 0.6) is 0 Å². The highest BCUT2D eigenvalue weighted by Gasteiger charge is 1.78. The summed E-state index contributed by atoms with van der Waals surface area (Å²) in [4.78, 5) is 0. The second-order valence-corrected chi connectivity index (χ2v) is 2.26. The number of allylic oxidation sites excluding steroid dienone is 3. The molecule has 0 saturated carbocycles. The van der Waals surface area contributed by atoms with Gasteiger partial charge in [-0.1, -0.05) is 29.8 Å². The Hall–Kier alpha value is 0.0600. The van der Waals surface area contributed by atoms with E-state index in [1.165, 1.54) is 0 Å². The molecule has 0 aromatic rings. The second-order valence-electron chi connectivity index (χ2n) is 1.18. The quantitative estimate of drug-likeness (QED) is 0.487. The van der Waals surface area contributed by atoms with Crippen LogP contribution in [-0.4, -0.2) is 0 Å². The summed E-state index contributed by atoms with van der Waals surface area (Å²) < 4.78 is 0. The molecule has 0 nitrogen and oxygen atoms in total. The van der Waals surface area contributed by atoms with Gasteiger partial charge in [0.25, 0.3) is 0 Å². The molecule has 0 amide bonds. The maximum absolute atomic E-state index is 5.39. The lowest BCUT2D eigenvalue weighted by atomic mass is 10.5. The van der Waals surface area contributed by atoms with Crippen LogP contribution in [0.15, 0.2) is 22.7 Å². The Kier molecular flexibility index (Phi) is 3.14. The van der Waals surface area contributed by atoms with Gasteiger partial charge in [0.05, 0.1) is 0 Å². The summed E-state index contributed by atoms with van der Waals surface area (Å²) >= 11 is 10.7. The Morgan fingerprint density at radius 2 is 2.00 bits per heavy atom. The number of hydrogen-bond donors (Lipinski definition) is 0. The van der Waals surface area contributed by atoms with Crippen molar-refractivity contribution in [2.45, 2.75) is 6.92 Å². The predicted octanol–water partition coefficient (Wildman–Crippen LogP) is 2.88. The van der Waals surface area contributed by atoms with Gasteiger partial charge < -0.3 is 0 Å². The van der Waals surface area contributed by atoms with Crippen LogP contribution in [0.2, 0.25) is 0 Å². The minimum Gasteiger partial charge on any atom is -0.0894 e. The zero-order valence-corrected chi connectivity index (χ0v) is 5.55. The van der Waals surface area contributed by atoms with Crippen molar-refractivity contribution in [3.05, 3.63) is 22.7 Å². The van der Waals surface area contributed by atoms with E-state index in [2.05, 4.69) is 6.58 Å². The predicted molar refractivity (Wildman–Crippen MR) is 34.6 cm³/mol. The van der Waals surface area contributed by atoms with Gasteiger partial charge in [-0.25, -0.2) is 0 Å². The highest BCUT2D eigenvalue weighted by molar-refractivity contribution is 6.34. The van der Waals surface area contributed by atoms with E-state index < -0.39 is 0 Å². The molecule has 2 heteroatoms. The Balaban J connectivity index is 3.68. The zero-order valence-electron chi connectivity index (χ0n) is 4.04. The summed E-state index contributed by atoms with van der Waals surface area (Å²) in [5, 5.41) is 1.12. The van der Waals surface area contributed by atoms with E-state index in [9.17, 15) is 0 Å². The summed E-state index contributed by atoms with van der Waals surface area (Å²) in [6, 6.07) is 0. The van der Waals surface area contributed by atoms with Crippen LogP contribution in [0.4, 0.5) is 0 Å². The van der Waals surface area contributed by atoms with Crippen molar-refractivity contribution >= 4 is 23.2 Å². The molecule has 0 fully saturated rings. The largest absolute Gasteiger partial charge is 0.0894 e. The van der Waals surface area contributed by atoms with Crippen LogP contribution >= 0.6 is 23.2 Å². The van der Waals surface area contributed by atoms with E-state index in [-0.39, 0.29) is 0 Å². The molecule has 40 valence electrons. The van der Waals surface area contributed by atoms with Gasteiger partial charge in [0.15, 0.2) is 0 Å². The Labute approximate surface area is 53.4 Å². The molecule has 0 rings (SSSR count). The summed E-state index contributed by atoms with van der Waals surface area (Å²) in [5.74, 6) is 0. The van der Waals surface area contributed by atoms with Crippen molar-refractivity contribution in [1.82, 2.24) is 0 Å². The van der Waals surface area contributed by atoms with Gasteiger partial charge in [-0.15, -0.1) is 0 Å². The second kappa shape index (κ2) is 3.11. The van der Waals surface area contributed by atoms with Crippen molar-refractivity contribution in [3.8, 4) is 0 Å². The fourth-order valence-corrected chi connectivity index (χ4v) is 0.567. The summed E-state index contributed by atoms with van der Waals surface area (Å²) in [6.07, 6.45) is 1.59. The Bertz CT molecular complexity index is 98.6. The molecule has 0 aliphatic heterocycles. The van der Waals surface area contributed by atoms with Crippen molar-refractivity contribution in [1.29, 1.82) is 0 Å². The standard InChI is InChI=1S/C5H6Cl2/c1-4(6)3-5(2)7/h3H,1H2,2H3.